The van der Waals surface area contributed by atoms with Gasteiger partial charge in [0.25, 0.3) is 5.91 Å². The minimum absolute atomic E-state index is 0.165. The summed E-state index contributed by atoms with van der Waals surface area (Å²) in [6.45, 7) is 3.77. The van der Waals surface area contributed by atoms with Crippen LogP contribution in [0.25, 0.3) is 0 Å². The lowest BCUT2D eigenvalue weighted by atomic mass is 10.0. The van der Waals surface area contributed by atoms with E-state index in [4.69, 9.17) is 9.47 Å². The van der Waals surface area contributed by atoms with Gasteiger partial charge in [0.05, 0.1) is 13.5 Å². The minimum atomic E-state index is -0.689. The number of hydrogen-bond acceptors (Lipinski definition) is 6. The van der Waals surface area contributed by atoms with E-state index in [1.165, 1.54) is 16.7 Å². The van der Waals surface area contributed by atoms with Crippen molar-refractivity contribution in [3.8, 4) is 11.5 Å². The van der Waals surface area contributed by atoms with Gasteiger partial charge in [0.1, 0.15) is 28.6 Å². The summed E-state index contributed by atoms with van der Waals surface area (Å²) >= 11 is 1.48. The molecular formula is C24H22N2O5S. The van der Waals surface area contributed by atoms with E-state index >= 15 is 0 Å². The fourth-order valence-electron chi connectivity index (χ4n) is 3.59. The van der Waals surface area contributed by atoms with Crippen LogP contribution < -0.4 is 14.8 Å². The largest absolute Gasteiger partial charge is 0.497 e. The number of esters is 1. The van der Waals surface area contributed by atoms with Crippen molar-refractivity contribution < 1.29 is 23.9 Å². The molecule has 0 radical (unpaired) electrons. The lowest BCUT2D eigenvalue weighted by molar-refractivity contribution is -0.149. The molecule has 164 valence electrons. The number of nitrogens with one attached hydrogen (secondary N) is 1. The molecule has 1 N–H and O–H groups in total. The standard InChI is InChI=1S/C24H22N2O5S/c1-3-16-14-32-23-20(25-19(27)13-15-7-5-4-6-8-15)22(28)26(23)21(16)24(29)31-18-11-9-17(30-2)10-12-18/h3-12,20,23H,1,13-14H2,2H3,(H,25,27)/t20-,23-/m1/s1. The summed E-state index contributed by atoms with van der Waals surface area (Å²) in [5, 5.41) is 2.43. The molecule has 0 spiro atoms. The van der Waals surface area contributed by atoms with Crippen LogP contribution in [0.1, 0.15) is 5.56 Å². The molecule has 2 aromatic carbocycles. The Labute approximate surface area is 190 Å². The van der Waals surface area contributed by atoms with Gasteiger partial charge in [-0.15, -0.1) is 11.8 Å². The maximum Gasteiger partial charge on any atom is 0.360 e. The number of nitrogens with zero attached hydrogens (tertiary/aromatic N) is 1. The van der Waals surface area contributed by atoms with Gasteiger partial charge in [-0.2, -0.15) is 0 Å². The van der Waals surface area contributed by atoms with Crippen LogP contribution in [0, 0.1) is 0 Å². The van der Waals surface area contributed by atoms with Crippen LogP contribution in [0.5, 0.6) is 11.5 Å². The molecule has 0 bridgehead atoms. The van der Waals surface area contributed by atoms with E-state index in [1.54, 1.807) is 37.5 Å². The summed E-state index contributed by atoms with van der Waals surface area (Å²) in [5.41, 5.74) is 1.65. The first-order valence-electron chi connectivity index (χ1n) is 10.0. The zero-order chi connectivity index (χ0) is 22.7. The molecule has 2 heterocycles. The maximum atomic E-state index is 12.9. The number of β-lactam (4-membered cyclic amide) rings is 1. The van der Waals surface area contributed by atoms with Crippen molar-refractivity contribution >= 4 is 29.5 Å². The molecule has 0 aliphatic carbocycles. The molecule has 7 nitrogen and oxygen atoms in total. The second-order valence-corrected chi connectivity index (χ2v) is 8.37. The van der Waals surface area contributed by atoms with E-state index < -0.39 is 12.0 Å². The number of carbonyl (C=O) groups is 3. The second-order valence-electron chi connectivity index (χ2n) is 7.26. The van der Waals surface area contributed by atoms with E-state index in [2.05, 4.69) is 11.9 Å². The third kappa shape index (κ3) is 4.27. The summed E-state index contributed by atoms with van der Waals surface area (Å²) in [6, 6.07) is 15.2. The molecule has 2 aliphatic heterocycles. The fraction of sp³-hybridized carbons (Fsp3) is 0.208. The number of methoxy groups -OCH3 is 1. The highest BCUT2D eigenvalue weighted by Gasteiger charge is 2.54. The Balaban J connectivity index is 1.46. The topological polar surface area (TPSA) is 84.9 Å². The number of benzene rings is 2. The normalized spacial score (nSPS) is 19.5. The third-order valence-electron chi connectivity index (χ3n) is 5.23. The van der Waals surface area contributed by atoms with E-state index in [-0.39, 0.29) is 29.3 Å². The number of allylic oxidation sites excluding steroid dienone is 1. The van der Waals surface area contributed by atoms with Crippen LogP contribution in [0.15, 0.2) is 78.5 Å². The van der Waals surface area contributed by atoms with Gasteiger partial charge in [-0.05, 0) is 35.4 Å². The molecule has 0 saturated carbocycles. The highest BCUT2D eigenvalue weighted by molar-refractivity contribution is 8.00. The Bertz CT molecular complexity index is 1080. The first kappa shape index (κ1) is 21.7. The number of carbonyl (C=O) groups excluding carboxylic acids is 3. The fourth-order valence-corrected chi connectivity index (χ4v) is 4.93. The smallest absolute Gasteiger partial charge is 0.360 e. The number of fused-ring (bicyclic) bond motifs is 1. The minimum Gasteiger partial charge on any atom is -0.497 e. The number of amides is 2. The third-order valence-corrected chi connectivity index (χ3v) is 6.53. The van der Waals surface area contributed by atoms with Crippen LogP contribution >= 0.6 is 11.8 Å². The summed E-state index contributed by atoms with van der Waals surface area (Å²) < 4.78 is 10.6. The predicted molar refractivity (Wildman–Crippen MR) is 121 cm³/mol. The molecule has 2 atom stereocenters. The van der Waals surface area contributed by atoms with E-state index in [1.807, 2.05) is 30.3 Å². The van der Waals surface area contributed by atoms with Crippen LogP contribution in [0.4, 0.5) is 0 Å². The Morgan fingerprint density at radius 3 is 2.50 bits per heavy atom. The molecule has 0 aromatic heterocycles. The first-order valence-corrected chi connectivity index (χ1v) is 11.1. The molecule has 32 heavy (non-hydrogen) atoms. The molecule has 2 aromatic rings. The van der Waals surface area contributed by atoms with Gasteiger partial charge >= 0.3 is 5.97 Å². The van der Waals surface area contributed by atoms with Crippen molar-refractivity contribution in [3.05, 3.63) is 84.1 Å². The SMILES string of the molecule is C=CC1=C(C(=O)Oc2ccc(OC)cc2)N2C(=O)[C@@H](NC(=O)Cc3ccccc3)[C@H]2SC1. The molecule has 0 unspecified atom stereocenters. The molecule has 4 rings (SSSR count). The van der Waals surface area contributed by atoms with Gasteiger partial charge in [-0.25, -0.2) is 4.79 Å². The Morgan fingerprint density at radius 2 is 1.84 bits per heavy atom. The first-order chi connectivity index (χ1) is 15.5. The summed E-state index contributed by atoms with van der Waals surface area (Å²) in [6.07, 6.45) is 1.74. The monoisotopic (exact) mass is 450 g/mol. The molecule has 2 aliphatic rings. The van der Waals surface area contributed by atoms with Crippen LogP contribution in [0.2, 0.25) is 0 Å². The average molecular weight is 451 g/mol. The molecule has 1 fully saturated rings. The summed E-state index contributed by atoms with van der Waals surface area (Å²) in [4.78, 5) is 39.7. The van der Waals surface area contributed by atoms with E-state index in [0.717, 1.165) is 5.56 Å². The van der Waals surface area contributed by atoms with Crippen molar-refractivity contribution in [2.45, 2.75) is 17.8 Å². The van der Waals surface area contributed by atoms with Crippen molar-refractivity contribution in [2.75, 3.05) is 12.9 Å². The van der Waals surface area contributed by atoms with Crippen molar-refractivity contribution in [1.82, 2.24) is 10.2 Å². The maximum absolute atomic E-state index is 12.9. The Kier molecular flexibility index (Phi) is 6.32. The van der Waals surface area contributed by atoms with Gasteiger partial charge in [-0.1, -0.05) is 43.0 Å². The lowest BCUT2D eigenvalue weighted by Crippen LogP contribution is -2.70. The zero-order valence-corrected chi connectivity index (χ0v) is 18.3. The molecule has 2 amide bonds. The number of ether oxygens (including phenoxy) is 2. The zero-order valence-electron chi connectivity index (χ0n) is 17.4. The molecular weight excluding hydrogens is 428 g/mol. The lowest BCUT2D eigenvalue weighted by Gasteiger charge is -2.49. The average Bonchev–Trinajstić information content (AvgIpc) is 2.82. The number of rotatable bonds is 7. The Hall–Kier alpha value is -3.52. The molecule has 8 heteroatoms. The highest BCUT2D eigenvalue weighted by Crippen LogP contribution is 2.41. The van der Waals surface area contributed by atoms with Gasteiger partial charge in [0.15, 0.2) is 0 Å². The highest BCUT2D eigenvalue weighted by atomic mass is 32.2. The van der Waals surface area contributed by atoms with Gasteiger partial charge in [0.2, 0.25) is 5.91 Å². The summed E-state index contributed by atoms with van der Waals surface area (Å²) in [7, 11) is 1.55. The van der Waals surface area contributed by atoms with Gasteiger partial charge < -0.3 is 14.8 Å². The molecule has 1 saturated heterocycles. The van der Waals surface area contributed by atoms with Crippen LogP contribution in [-0.4, -0.2) is 47.0 Å². The number of hydrogen-bond donors (Lipinski definition) is 1. The predicted octanol–water partition coefficient (Wildman–Crippen LogP) is 2.68. The van der Waals surface area contributed by atoms with Crippen LogP contribution in [-0.2, 0) is 20.8 Å². The van der Waals surface area contributed by atoms with E-state index in [9.17, 15) is 14.4 Å². The van der Waals surface area contributed by atoms with Gasteiger partial charge in [-0.3, -0.25) is 14.5 Å². The Morgan fingerprint density at radius 1 is 1.16 bits per heavy atom. The van der Waals surface area contributed by atoms with Crippen molar-refractivity contribution in [1.29, 1.82) is 0 Å². The number of thioether (sulfide) groups is 1. The second kappa shape index (κ2) is 9.32. The van der Waals surface area contributed by atoms with Crippen molar-refractivity contribution in [2.24, 2.45) is 0 Å². The van der Waals surface area contributed by atoms with Crippen molar-refractivity contribution in [3.63, 3.8) is 0 Å². The van der Waals surface area contributed by atoms with E-state index in [0.29, 0.717) is 22.8 Å². The van der Waals surface area contributed by atoms with Crippen LogP contribution in [0.3, 0.4) is 0 Å². The quantitative estimate of drug-likeness (QED) is 0.397. The summed E-state index contributed by atoms with van der Waals surface area (Å²) in [5.74, 6) is 0.230. The van der Waals surface area contributed by atoms with Gasteiger partial charge in [0, 0.05) is 5.75 Å².